The lowest BCUT2D eigenvalue weighted by atomic mass is 9.88. The molecule has 0 heterocycles. The van der Waals surface area contributed by atoms with E-state index in [1.54, 1.807) is 12.1 Å². The zero-order valence-corrected chi connectivity index (χ0v) is 9.34. The Hall–Kier alpha value is -1.05. The van der Waals surface area contributed by atoms with Crippen LogP contribution in [0.3, 0.4) is 0 Å². The number of rotatable bonds is 1. The number of aromatic hydroxyl groups is 1. The maximum Gasteiger partial charge on any atom is 0.115 e. The molecule has 14 heavy (non-hydrogen) atoms. The summed E-state index contributed by atoms with van der Waals surface area (Å²) in [5.74, 6) is 0.340. The highest BCUT2D eigenvalue weighted by Crippen LogP contribution is 2.21. The molecule has 1 aromatic carbocycles. The van der Waals surface area contributed by atoms with Gasteiger partial charge in [0.2, 0.25) is 0 Å². The molecular weight excluding hydrogens is 179 g/mol. The van der Waals surface area contributed by atoms with E-state index in [2.05, 4.69) is 20.8 Å². The first-order valence-corrected chi connectivity index (χ1v) is 4.63. The van der Waals surface area contributed by atoms with Crippen LogP contribution >= 0.6 is 0 Å². The summed E-state index contributed by atoms with van der Waals surface area (Å²) < 4.78 is 9.50. The molecule has 0 unspecified atom stereocenters. The zero-order valence-electron chi connectivity index (χ0n) is 9.34. The second-order valence-electron chi connectivity index (χ2n) is 4.40. The lowest BCUT2D eigenvalue weighted by Gasteiger charge is -2.17. The first-order valence-electron chi connectivity index (χ1n) is 4.63. The van der Waals surface area contributed by atoms with Crippen molar-refractivity contribution in [2.45, 2.75) is 27.2 Å². The molecule has 0 aromatic heterocycles. The molecule has 0 amide bonds. The van der Waals surface area contributed by atoms with Crippen molar-refractivity contribution in [2.24, 2.45) is 5.41 Å². The topological polar surface area (TPSA) is 20.2 Å². The van der Waals surface area contributed by atoms with Gasteiger partial charge in [0.1, 0.15) is 5.75 Å². The Kier molecular flexibility index (Phi) is 5.21. The van der Waals surface area contributed by atoms with Crippen LogP contribution in [0.25, 0.3) is 0 Å². The molecule has 1 aromatic rings. The van der Waals surface area contributed by atoms with Gasteiger partial charge >= 0.3 is 0 Å². The van der Waals surface area contributed by atoms with E-state index in [0.29, 0.717) is 18.3 Å². The molecule has 1 N–H and O–H groups in total. The third-order valence-corrected chi connectivity index (χ3v) is 1.67. The first-order chi connectivity index (χ1) is 6.47. The van der Waals surface area contributed by atoms with E-state index in [4.69, 9.17) is 5.11 Å². The Balaban J connectivity index is 0.000000791. The number of halogens is 1. The Morgan fingerprint density at radius 1 is 1.07 bits per heavy atom. The van der Waals surface area contributed by atoms with Gasteiger partial charge in [0, 0.05) is 0 Å². The molecule has 0 spiro atoms. The summed E-state index contributed by atoms with van der Waals surface area (Å²) in [7, 11) is 0.500. The number of hydrogen-bond acceptors (Lipinski definition) is 1. The summed E-state index contributed by atoms with van der Waals surface area (Å²) in [6.07, 6.45) is 1.05. The average Bonchev–Trinajstić information content (AvgIpc) is 2.10. The van der Waals surface area contributed by atoms with Gasteiger partial charge in [-0.3, -0.25) is 4.39 Å². The van der Waals surface area contributed by atoms with E-state index in [1.807, 2.05) is 12.1 Å². The molecule has 0 saturated heterocycles. The van der Waals surface area contributed by atoms with Gasteiger partial charge in [0.15, 0.2) is 0 Å². The van der Waals surface area contributed by atoms with E-state index < -0.39 is 0 Å². The Bertz CT molecular complexity index is 246. The Morgan fingerprint density at radius 3 is 1.86 bits per heavy atom. The van der Waals surface area contributed by atoms with E-state index in [0.717, 1.165) is 6.42 Å². The summed E-state index contributed by atoms with van der Waals surface area (Å²) >= 11 is 0. The van der Waals surface area contributed by atoms with Gasteiger partial charge in [-0.1, -0.05) is 32.9 Å². The van der Waals surface area contributed by atoms with Gasteiger partial charge in [-0.15, -0.1) is 0 Å². The second-order valence-corrected chi connectivity index (χ2v) is 4.40. The van der Waals surface area contributed by atoms with Crippen molar-refractivity contribution in [1.29, 1.82) is 0 Å². The zero-order chi connectivity index (χ0) is 11.2. The molecule has 0 radical (unpaired) electrons. The average molecular weight is 198 g/mol. The molecule has 0 atom stereocenters. The molecule has 80 valence electrons. The third-order valence-electron chi connectivity index (χ3n) is 1.67. The fraction of sp³-hybridized carbons (Fsp3) is 0.500. The highest BCUT2D eigenvalue weighted by Gasteiger charge is 2.10. The van der Waals surface area contributed by atoms with Crippen molar-refractivity contribution < 1.29 is 9.50 Å². The van der Waals surface area contributed by atoms with Gasteiger partial charge < -0.3 is 5.11 Å². The van der Waals surface area contributed by atoms with Gasteiger partial charge in [-0.25, -0.2) is 0 Å². The molecule has 0 saturated carbocycles. The summed E-state index contributed by atoms with van der Waals surface area (Å²) in [5.41, 5.74) is 1.59. The quantitative estimate of drug-likeness (QED) is 0.731. The third kappa shape index (κ3) is 5.57. The van der Waals surface area contributed by atoms with Crippen molar-refractivity contribution in [3.05, 3.63) is 29.8 Å². The summed E-state index contributed by atoms with van der Waals surface area (Å²) in [6, 6.07) is 7.42. The van der Waals surface area contributed by atoms with Crippen LogP contribution in [0.1, 0.15) is 26.3 Å². The maximum absolute atomic E-state index is 9.50. The van der Waals surface area contributed by atoms with Gasteiger partial charge in [-0.2, -0.15) is 0 Å². The van der Waals surface area contributed by atoms with Crippen molar-refractivity contribution in [1.82, 2.24) is 0 Å². The van der Waals surface area contributed by atoms with Crippen molar-refractivity contribution >= 4 is 0 Å². The number of alkyl halides is 1. The van der Waals surface area contributed by atoms with Crippen LogP contribution < -0.4 is 0 Å². The molecule has 1 nitrogen and oxygen atoms in total. The van der Waals surface area contributed by atoms with Crippen molar-refractivity contribution in [3.8, 4) is 5.75 Å². The molecule has 0 aliphatic heterocycles. The highest BCUT2D eigenvalue weighted by atomic mass is 19.1. The van der Waals surface area contributed by atoms with Crippen LogP contribution in [0, 0.1) is 5.41 Å². The SMILES string of the molecule is CC(C)(C)Cc1ccc(O)cc1.CF. The smallest absolute Gasteiger partial charge is 0.115 e. The van der Waals surface area contributed by atoms with Crippen LogP contribution in [-0.4, -0.2) is 12.3 Å². The predicted molar refractivity (Wildman–Crippen MR) is 58.3 cm³/mol. The lowest BCUT2D eigenvalue weighted by Crippen LogP contribution is -2.08. The standard InChI is InChI=1S/C11H16O.CH3F/c1-11(2,3)8-9-4-6-10(12)7-5-9;1-2/h4-7,12H,8H2,1-3H3;1H3. The van der Waals surface area contributed by atoms with Crippen LogP contribution in [0.5, 0.6) is 5.75 Å². The fourth-order valence-electron chi connectivity index (χ4n) is 1.23. The number of phenolic OH excluding ortho intramolecular Hbond substituents is 1. The van der Waals surface area contributed by atoms with Gasteiger partial charge in [0.05, 0.1) is 7.18 Å². The largest absolute Gasteiger partial charge is 0.508 e. The van der Waals surface area contributed by atoms with E-state index in [9.17, 15) is 4.39 Å². The highest BCUT2D eigenvalue weighted by molar-refractivity contribution is 5.26. The summed E-state index contributed by atoms with van der Waals surface area (Å²) in [6.45, 7) is 6.62. The number of hydrogen-bond donors (Lipinski definition) is 1. The molecule has 0 aliphatic rings. The van der Waals surface area contributed by atoms with Crippen LogP contribution in [0.15, 0.2) is 24.3 Å². The lowest BCUT2D eigenvalue weighted by molar-refractivity contribution is 0.410. The molecule has 1 rings (SSSR count). The van der Waals surface area contributed by atoms with Crippen molar-refractivity contribution in [2.75, 3.05) is 7.18 Å². The predicted octanol–water partition coefficient (Wildman–Crippen LogP) is 3.57. The van der Waals surface area contributed by atoms with Crippen LogP contribution in [-0.2, 0) is 6.42 Å². The molecule has 0 fully saturated rings. The minimum atomic E-state index is 0.316. The van der Waals surface area contributed by atoms with E-state index in [-0.39, 0.29) is 0 Å². The normalized spacial score (nSPS) is 10.4. The molecule has 2 heteroatoms. The van der Waals surface area contributed by atoms with Crippen LogP contribution in [0.2, 0.25) is 0 Å². The second kappa shape index (κ2) is 5.63. The first kappa shape index (κ1) is 12.9. The number of benzene rings is 1. The minimum absolute atomic E-state index is 0.316. The molecular formula is C12H19FO. The Labute approximate surface area is 85.6 Å². The summed E-state index contributed by atoms with van der Waals surface area (Å²) in [4.78, 5) is 0. The van der Waals surface area contributed by atoms with E-state index >= 15 is 0 Å². The van der Waals surface area contributed by atoms with Crippen LogP contribution in [0.4, 0.5) is 4.39 Å². The van der Waals surface area contributed by atoms with Gasteiger partial charge in [-0.05, 0) is 29.5 Å². The maximum atomic E-state index is 9.50. The monoisotopic (exact) mass is 198 g/mol. The van der Waals surface area contributed by atoms with Gasteiger partial charge in [0.25, 0.3) is 0 Å². The molecule has 0 bridgehead atoms. The Morgan fingerprint density at radius 2 is 1.50 bits per heavy atom. The number of phenols is 1. The minimum Gasteiger partial charge on any atom is -0.508 e. The van der Waals surface area contributed by atoms with Crippen molar-refractivity contribution in [3.63, 3.8) is 0 Å². The fourth-order valence-corrected chi connectivity index (χ4v) is 1.23. The van der Waals surface area contributed by atoms with E-state index in [1.165, 1.54) is 5.56 Å². The summed E-state index contributed by atoms with van der Waals surface area (Å²) in [5, 5.41) is 9.05. The molecule has 0 aliphatic carbocycles.